The Morgan fingerprint density at radius 1 is 1.50 bits per heavy atom. The number of carbonyl (C=O) groups is 1. The van der Waals surface area contributed by atoms with Gasteiger partial charge in [-0.25, -0.2) is 0 Å². The number of nitriles is 1. The summed E-state index contributed by atoms with van der Waals surface area (Å²) in [5, 5.41) is 21.6. The van der Waals surface area contributed by atoms with Gasteiger partial charge >= 0.3 is 0 Å². The average molecular weight is 268 g/mol. The minimum absolute atomic E-state index is 0.131. The quantitative estimate of drug-likeness (QED) is 0.503. The molecule has 0 aromatic heterocycles. The number of nitro groups is 1. The highest BCUT2D eigenvalue weighted by molar-refractivity contribution is 6.31. The molecule has 0 radical (unpaired) electrons. The Bertz CT molecular complexity index is 511. The third-order valence-corrected chi connectivity index (χ3v) is 2.32. The van der Waals surface area contributed by atoms with Crippen molar-refractivity contribution in [2.24, 2.45) is 0 Å². The first-order valence-corrected chi connectivity index (χ1v) is 5.52. The molecule has 0 aliphatic carbocycles. The number of carbonyl (C=O) groups excluding carboxylic acids is 1. The fourth-order valence-electron chi connectivity index (χ4n) is 1.28. The normalized spacial score (nSPS) is 9.56. The second kappa shape index (κ2) is 6.57. The molecular weight excluding hydrogens is 258 g/mol. The predicted molar refractivity (Wildman–Crippen MR) is 65.3 cm³/mol. The number of halogens is 1. The van der Waals surface area contributed by atoms with Crippen molar-refractivity contribution >= 4 is 23.2 Å². The van der Waals surface area contributed by atoms with Crippen LogP contribution in [0.4, 0.5) is 5.69 Å². The van der Waals surface area contributed by atoms with Crippen molar-refractivity contribution in [2.45, 2.75) is 12.8 Å². The van der Waals surface area contributed by atoms with Gasteiger partial charge in [0.1, 0.15) is 0 Å². The van der Waals surface area contributed by atoms with Crippen molar-refractivity contribution in [2.75, 3.05) is 6.54 Å². The maximum absolute atomic E-state index is 11.7. The van der Waals surface area contributed by atoms with Gasteiger partial charge in [-0.15, -0.1) is 0 Å². The van der Waals surface area contributed by atoms with Crippen LogP contribution >= 0.6 is 11.6 Å². The van der Waals surface area contributed by atoms with Gasteiger partial charge in [0.05, 0.1) is 11.0 Å². The van der Waals surface area contributed by atoms with Gasteiger partial charge < -0.3 is 5.32 Å². The third-order valence-electron chi connectivity index (χ3n) is 2.11. The number of amides is 1. The van der Waals surface area contributed by atoms with E-state index in [4.69, 9.17) is 16.9 Å². The zero-order valence-electron chi connectivity index (χ0n) is 9.35. The van der Waals surface area contributed by atoms with Gasteiger partial charge in [-0.3, -0.25) is 14.9 Å². The molecule has 1 aromatic carbocycles. The fraction of sp³-hybridized carbons (Fsp3) is 0.273. The van der Waals surface area contributed by atoms with E-state index in [0.29, 0.717) is 19.4 Å². The van der Waals surface area contributed by atoms with Gasteiger partial charge in [0.25, 0.3) is 11.6 Å². The Morgan fingerprint density at radius 3 is 2.83 bits per heavy atom. The van der Waals surface area contributed by atoms with E-state index in [-0.39, 0.29) is 16.3 Å². The van der Waals surface area contributed by atoms with Crippen molar-refractivity contribution in [3.63, 3.8) is 0 Å². The summed E-state index contributed by atoms with van der Waals surface area (Å²) in [6.07, 6.45) is 0.876. The minimum atomic E-state index is -0.613. The van der Waals surface area contributed by atoms with Crippen molar-refractivity contribution < 1.29 is 9.72 Å². The molecule has 0 bridgehead atoms. The Hall–Kier alpha value is -2.13. The van der Waals surface area contributed by atoms with Crippen LogP contribution in [-0.4, -0.2) is 17.4 Å². The molecule has 6 nitrogen and oxygen atoms in total. The number of nitrogens with one attached hydrogen (secondary N) is 1. The Balaban J connectivity index is 2.74. The van der Waals surface area contributed by atoms with Crippen LogP contribution in [0.2, 0.25) is 5.02 Å². The second-order valence-electron chi connectivity index (χ2n) is 3.47. The molecule has 94 valence electrons. The first kappa shape index (κ1) is 13.9. The number of nitrogens with zero attached hydrogens (tertiary/aromatic N) is 2. The fourth-order valence-corrected chi connectivity index (χ4v) is 1.51. The number of benzene rings is 1. The van der Waals surface area contributed by atoms with Crippen LogP contribution < -0.4 is 5.32 Å². The van der Waals surface area contributed by atoms with Gasteiger partial charge in [0.2, 0.25) is 0 Å². The van der Waals surface area contributed by atoms with Gasteiger partial charge in [-0.1, -0.05) is 11.6 Å². The smallest absolute Gasteiger partial charge is 0.271 e. The van der Waals surface area contributed by atoms with Crippen molar-refractivity contribution in [1.29, 1.82) is 5.26 Å². The number of unbranched alkanes of at least 4 members (excludes halogenated alkanes) is 1. The van der Waals surface area contributed by atoms with Crippen LogP contribution in [0.5, 0.6) is 0 Å². The average Bonchev–Trinajstić information content (AvgIpc) is 2.33. The maximum atomic E-state index is 11.7. The van der Waals surface area contributed by atoms with Crippen molar-refractivity contribution in [1.82, 2.24) is 5.32 Å². The summed E-state index contributed by atoms with van der Waals surface area (Å²) in [7, 11) is 0. The molecule has 0 fully saturated rings. The van der Waals surface area contributed by atoms with Crippen molar-refractivity contribution in [3.8, 4) is 6.07 Å². The van der Waals surface area contributed by atoms with E-state index >= 15 is 0 Å². The predicted octanol–water partition coefficient (Wildman–Crippen LogP) is 2.28. The second-order valence-corrected chi connectivity index (χ2v) is 3.91. The molecule has 1 aromatic rings. The van der Waals surface area contributed by atoms with Crippen LogP contribution in [0, 0.1) is 21.4 Å². The van der Waals surface area contributed by atoms with E-state index in [1.54, 1.807) is 0 Å². The lowest BCUT2D eigenvalue weighted by Crippen LogP contribution is -2.24. The third kappa shape index (κ3) is 4.03. The molecule has 0 spiro atoms. The standard InChI is InChI=1S/C11H10ClN3O3/c12-9-5-8(6-10(7-9)15(17)18)11(16)14-4-2-1-3-13/h5-7H,1-2,4H2,(H,14,16). The van der Waals surface area contributed by atoms with Crippen molar-refractivity contribution in [3.05, 3.63) is 38.9 Å². The molecule has 0 unspecified atom stereocenters. The van der Waals surface area contributed by atoms with Crippen LogP contribution in [-0.2, 0) is 0 Å². The van der Waals surface area contributed by atoms with E-state index in [0.717, 1.165) is 6.07 Å². The number of hydrogen-bond acceptors (Lipinski definition) is 4. The maximum Gasteiger partial charge on any atom is 0.271 e. The van der Waals surface area contributed by atoms with E-state index < -0.39 is 10.8 Å². The first-order chi connectivity index (χ1) is 8.54. The molecule has 0 saturated heterocycles. The van der Waals surface area contributed by atoms with Crippen LogP contribution in [0.3, 0.4) is 0 Å². The van der Waals surface area contributed by atoms with E-state index in [9.17, 15) is 14.9 Å². The highest BCUT2D eigenvalue weighted by Gasteiger charge is 2.13. The van der Waals surface area contributed by atoms with Crippen LogP contribution in [0.25, 0.3) is 0 Å². The highest BCUT2D eigenvalue weighted by Crippen LogP contribution is 2.20. The lowest BCUT2D eigenvalue weighted by Gasteiger charge is -2.04. The Kier molecular flexibility index (Phi) is 5.08. The highest BCUT2D eigenvalue weighted by atomic mass is 35.5. The van der Waals surface area contributed by atoms with Crippen LogP contribution in [0.1, 0.15) is 23.2 Å². The van der Waals surface area contributed by atoms with Gasteiger partial charge in [0, 0.05) is 35.7 Å². The minimum Gasteiger partial charge on any atom is -0.352 e. The SMILES string of the molecule is N#CCCCNC(=O)c1cc(Cl)cc([N+](=O)[O-])c1. The molecule has 1 N–H and O–H groups in total. The van der Waals surface area contributed by atoms with E-state index in [1.165, 1.54) is 12.1 Å². The topological polar surface area (TPSA) is 96.0 Å². The first-order valence-electron chi connectivity index (χ1n) is 5.14. The molecule has 0 atom stereocenters. The molecule has 0 heterocycles. The molecular formula is C11H10ClN3O3. The summed E-state index contributed by atoms with van der Waals surface area (Å²) in [4.78, 5) is 21.7. The zero-order chi connectivity index (χ0) is 13.5. The van der Waals surface area contributed by atoms with E-state index in [1.807, 2.05) is 6.07 Å². The summed E-state index contributed by atoms with van der Waals surface area (Å²) in [6.45, 7) is 0.340. The molecule has 7 heteroatoms. The molecule has 1 rings (SSSR count). The summed E-state index contributed by atoms with van der Waals surface area (Å²) in [6, 6.07) is 5.64. The largest absolute Gasteiger partial charge is 0.352 e. The number of nitro benzene ring substituents is 1. The number of non-ortho nitro benzene ring substituents is 1. The molecule has 0 aliphatic heterocycles. The number of rotatable bonds is 5. The van der Waals surface area contributed by atoms with Gasteiger partial charge in [0.15, 0.2) is 0 Å². The van der Waals surface area contributed by atoms with Crippen LogP contribution in [0.15, 0.2) is 18.2 Å². The summed E-state index contributed by atoms with van der Waals surface area (Å²) < 4.78 is 0. The lowest BCUT2D eigenvalue weighted by molar-refractivity contribution is -0.384. The monoisotopic (exact) mass is 267 g/mol. The van der Waals surface area contributed by atoms with Gasteiger partial charge in [-0.2, -0.15) is 5.26 Å². The summed E-state index contributed by atoms with van der Waals surface area (Å²) in [5.74, 6) is -0.446. The lowest BCUT2D eigenvalue weighted by atomic mass is 10.2. The molecule has 0 aliphatic rings. The summed E-state index contributed by atoms with van der Waals surface area (Å²) >= 11 is 5.69. The Morgan fingerprint density at radius 2 is 2.22 bits per heavy atom. The molecule has 0 saturated carbocycles. The van der Waals surface area contributed by atoms with E-state index in [2.05, 4.69) is 5.32 Å². The zero-order valence-corrected chi connectivity index (χ0v) is 10.1. The van der Waals surface area contributed by atoms with Gasteiger partial charge in [-0.05, 0) is 12.5 Å². The summed E-state index contributed by atoms with van der Waals surface area (Å²) in [5.41, 5.74) is -0.101. The molecule has 1 amide bonds. The number of hydrogen-bond donors (Lipinski definition) is 1. The molecule has 18 heavy (non-hydrogen) atoms. The Labute approximate surface area is 108 Å².